The number of carbonyl (C=O) groups is 3. The molecule has 6 rings (SSSR count). The molecule has 0 aliphatic carbocycles. The minimum Gasteiger partial charge on any atom is -0.507 e. The summed E-state index contributed by atoms with van der Waals surface area (Å²) < 4.78 is 23.8. The van der Waals surface area contributed by atoms with Crippen LogP contribution >= 0.6 is 0 Å². The zero-order valence-corrected chi connectivity index (χ0v) is 33.2. The summed E-state index contributed by atoms with van der Waals surface area (Å²) in [4.78, 5) is 42.4. The van der Waals surface area contributed by atoms with Crippen molar-refractivity contribution in [3.63, 3.8) is 0 Å². The van der Waals surface area contributed by atoms with Crippen molar-refractivity contribution in [2.45, 2.75) is 105 Å². The highest BCUT2D eigenvalue weighted by Gasteiger charge is 2.49. The van der Waals surface area contributed by atoms with E-state index in [0.717, 1.165) is 19.3 Å². The van der Waals surface area contributed by atoms with E-state index in [1.807, 2.05) is 0 Å². The molecule has 2 aromatic rings. The number of phenols is 2. The number of amides is 1. The van der Waals surface area contributed by atoms with E-state index in [4.69, 9.17) is 18.9 Å². The number of benzene rings is 2. The number of ketones is 1. The zero-order chi connectivity index (χ0) is 40.5. The number of anilines is 2. The first-order valence-electron chi connectivity index (χ1n) is 19.0. The fourth-order valence-corrected chi connectivity index (χ4v) is 8.03. The Kier molecular flexibility index (Phi) is 12.6. The monoisotopic (exact) mass is 764 g/mol. The number of carbonyl (C=O) groups excluding carboxylic acids is 3. The van der Waals surface area contributed by atoms with Gasteiger partial charge in [0.2, 0.25) is 0 Å². The Bertz CT molecular complexity index is 1900. The molecule has 55 heavy (non-hydrogen) atoms. The van der Waals surface area contributed by atoms with Crippen LogP contribution in [0.2, 0.25) is 0 Å². The lowest BCUT2D eigenvalue weighted by molar-refractivity contribution is -0.160. The lowest BCUT2D eigenvalue weighted by atomic mass is 9.78. The number of rotatable bonds is 3. The number of piperidine rings is 1. The summed E-state index contributed by atoms with van der Waals surface area (Å²) in [5.74, 6) is -6.42. The van der Waals surface area contributed by atoms with Gasteiger partial charge in [-0.05, 0) is 45.3 Å². The summed E-state index contributed by atoms with van der Waals surface area (Å²) in [6.45, 7) is 14.3. The highest BCUT2D eigenvalue weighted by Crippen LogP contribution is 2.54. The molecular weight excluding hydrogens is 708 g/mol. The molecule has 4 heterocycles. The van der Waals surface area contributed by atoms with E-state index in [0.29, 0.717) is 18.8 Å². The van der Waals surface area contributed by atoms with Crippen molar-refractivity contribution >= 4 is 39.8 Å². The highest BCUT2D eigenvalue weighted by molar-refractivity contribution is 6.23. The molecule has 5 N–H and O–H groups in total. The van der Waals surface area contributed by atoms with E-state index in [-0.39, 0.29) is 44.7 Å². The minimum absolute atomic E-state index is 0.000347. The molecule has 0 aromatic heterocycles. The van der Waals surface area contributed by atoms with Crippen LogP contribution in [0, 0.1) is 30.6 Å². The topological polar surface area (TPSA) is 184 Å². The normalized spacial score (nSPS) is 33.0. The molecule has 9 unspecified atom stereocenters. The van der Waals surface area contributed by atoms with Gasteiger partial charge in [-0.1, -0.05) is 45.9 Å². The molecule has 300 valence electrons. The number of aromatic hydroxyl groups is 2. The van der Waals surface area contributed by atoms with Gasteiger partial charge in [0.05, 0.1) is 41.2 Å². The molecule has 1 fully saturated rings. The first-order chi connectivity index (χ1) is 25.9. The predicted molar refractivity (Wildman–Crippen MR) is 208 cm³/mol. The van der Waals surface area contributed by atoms with Gasteiger partial charge in [0, 0.05) is 79.9 Å². The van der Waals surface area contributed by atoms with Crippen molar-refractivity contribution < 1.29 is 53.8 Å². The quantitative estimate of drug-likeness (QED) is 0.181. The van der Waals surface area contributed by atoms with Gasteiger partial charge in [0.25, 0.3) is 11.7 Å². The van der Waals surface area contributed by atoms with Crippen LogP contribution in [-0.4, -0.2) is 88.5 Å². The van der Waals surface area contributed by atoms with Crippen LogP contribution in [0.25, 0.3) is 10.8 Å². The lowest BCUT2D eigenvalue weighted by Crippen LogP contribution is -2.46. The van der Waals surface area contributed by atoms with E-state index >= 15 is 0 Å². The summed E-state index contributed by atoms with van der Waals surface area (Å²) in [7, 11) is 1.47. The SMILES string of the molecule is COC1/C=C/OC2(C)Oc3c(C)c(O)c4c(O)c(cc(N5CCCCC5)c4c3C2=O)NC(=O)/C(C)=C\C=C\C(C)C(O)C(C)C(O)C(C)C(OC(C)=O)C1C. The number of phenolic OH excluding ortho intramolecular Hbond substituents is 2. The van der Waals surface area contributed by atoms with Crippen LogP contribution in [-0.2, 0) is 23.8 Å². The lowest BCUT2D eigenvalue weighted by Gasteiger charge is -2.38. The Labute approximate surface area is 322 Å². The van der Waals surface area contributed by atoms with E-state index in [2.05, 4.69) is 10.2 Å². The zero-order valence-electron chi connectivity index (χ0n) is 33.2. The number of nitrogens with zero attached hydrogens (tertiary/aromatic N) is 1. The molecule has 0 saturated carbocycles. The summed E-state index contributed by atoms with van der Waals surface area (Å²) in [6, 6.07) is 1.62. The van der Waals surface area contributed by atoms with Gasteiger partial charge in [0.15, 0.2) is 5.75 Å². The maximum atomic E-state index is 14.5. The summed E-state index contributed by atoms with van der Waals surface area (Å²) in [5.41, 5.74) is 1.22. The second kappa shape index (κ2) is 16.6. The number of ether oxygens (including phenoxy) is 4. The second-order valence-corrected chi connectivity index (χ2v) is 15.5. The second-order valence-electron chi connectivity index (χ2n) is 15.5. The van der Waals surface area contributed by atoms with E-state index < -0.39 is 77.3 Å². The number of fused-ring (bicyclic) bond motifs is 14. The van der Waals surface area contributed by atoms with Crippen LogP contribution in [0.3, 0.4) is 0 Å². The van der Waals surface area contributed by atoms with Gasteiger partial charge in [-0.25, -0.2) is 0 Å². The maximum absolute atomic E-state index is 14.5. The molecule has 4 aliphatic heterocycles. The van der Waals surface area contributed by atoms with Gasteiger partial charge in [-0.2, -0.15) is 0 Å². The van der Waals surface area contributed by atoms with Crippen molar-refractivity contribution in [2.75, 3.05) is 30.4 Å². The number of Topliss-reactive ketones (excluding diaryl/α,β-unsaturated/α-hetero) is 1. The number of nitrogens with one attached hydrogen (secondary N) is 1. The Morgan fingerprint density at radius 1 is 0.945 bits per heavy atom. The van der Waals surface area contributed by atoms with Crippen LogP contribution in [0.5, 0.6) is 17.2 Å². The average molecular weight is 765 g/mol. The molecule has 13 heteroatoms. The van der Waals surface area contributed by atoms with E-state index in [9.17, 15) is 34.8 Å². The predicted octanol–water partition coefficient (Wildman–Crippen LogP) is 6.04. The smallest absolute Gasteiger partial charge is 0.312 e. The van der Waals surface area contributed by atoms with Crippen LogP contribution in [0.4, 0.5) is 11.4 Å². The molecule has 0 spiro atoms. The first-order valence-corrected chi connectivity index (χ1v) is 19.0. The van der Waals surface area contributed by atoms with E-state index in [1.54, 1.807) is 71.9 Å². The molecule has 1 amide bonds. The first kappa shape index (κ1) is 41.6. The van der Waals surface area contributed by atoms with Crippen LogP contribution in [0.1, 0.15) is 83.7 Å². The van der Waals surface area contributed by atoms with Crippen molar-refractivity contribution in [3.05, 3.63) is 53.3 Å². The fourth-order valence-electron chi connectivity index (χ4n) is 8.03. The number of aliphatic hydroxyl groups is 2. The van der Waals surface area contributed by atoms with Crippen molar-refractivity contribution in [2.24, 2.45) is 23.7 Å². The summed E-state index contributed by atoms with van der Waals surface area (Å²) in [6.07, 6.45) is 6.89. The maximum Gasteiger partial charge on any atom is 0.312 e. The van der Waals surface area contributed by atoms with Crippen molar-refractivity contribution in [1.29, 1.82) is 0 Å². The van der Waals surface area contributed by atoms with Crippen LogP contribution < -0.4 is 15.0 Å². The summed E-state index contributed by atoms with van der Waals surface area (Å²) >= 11 is 0. The van der Waals surface area contributed by atoms with Gasteiger partial charge in [0.1, 0.15) is 17.6 Å². The molecule has 9 atom stereocenters. The summed E-state index contributed by atoms with van der Waals surface area (Å²) in [5, 5.41) is 49.2. The number of esters is 1. The molecule has 1 saturated heterocycles. The van der Waals surface area contributed by atoms with Gasteiger partial charge >= 0.3 is 11.8 Å². The molecule has 4 aliphatic rings. The number of methoxy groups -OCH3 is 1. The molecule has 2 aromatic carbocycles. The number of hydrogen-bond acceptors (Lipinski definition) is 12. The van der Waals surface area contributed by atoms with Gasteiger partial charge in [-0.3, -0.25) is 14.4 Å². The third kappa shape index (κ3) is 8.06. The van der Waals surface area contributed by atoms with Crippen LogP contribution in [0.15, 0.2) is 42.2 Å². The molecule has 5 bridgehead atoms. The largest absolute Gasteiger partial charge is 0.507 e. The van der Waals surface area contributed by atoms with Crippen molar-refractivity contribution in [3.8, 4) is 17.2 Å². The van der Waals surface area contributed by atoms with E-state index in [1.165, 1.54) is 27.2 Å². The molecule has 13 nitrogen and oxygen atoms in total. The third-order valence-corrected chi connectivity index (χ3v) is 11.5. The Morgan fingerprint density at radius 3 is 2.25 bits per heavy atom. The average Bonchev–Trinajstić information content (AvgIpc) is 3.42. The Hall–Kier alpha value is -4.59. The number of hydrogen-bond donors (Lipinski definition) is 5. The van der Waals surface area contributed by atoms with Gasteiger partial charge < -0.3 is 49.6 Å². The number of aliphatic hydroxyl groups excluding tert-OH is 2. The Morgan fingerprint density at radius 2 is 1.62 bits per heavy atom. The fraction of sp³-hybridized carbons (Fsp3) is 0.548. The van der Waals surface area contributed by atoms with Gasteiger partial charge in [-0.15, -0.1) is 0 Å². The van der Waals surface area contributed by atoms with Crippen molar-refractivity contribution in [1.82, 2.24) is 0 Å². The minimum atomic E-state index is -1.89. The standard InChI is InChI=1S/C42H56N2O11/c1-21-14-13-15-22(2)41(51)43-28-20-29(44-17-11-10-12-18-44)31-32(37(28)49)36(48)26(6)39-33(31)40(50)42(8,55-39)53-19-16-30(52-9)23(3)38(54-27(7)45)25(5)35(47)24(4)34(21)46/h13-16,19-21,23-25,30,34-35,38,46-49H,10-12,17-18H2,1-9H3,(H,43,51)/b14-13+,19-16+,22-15-. The molecule has 0 radical (unpaired) electrons. The third-order valence-electron chi connectivity index (χ3n) is 11.5. The highest BCUT2D eigenvalue weighted by atomic mass is 16.7. The Balaban J connectivity index is 1.69. The molecular formula is C42H56N2O11. The number of allylic oxidation sites excluding steroid dienone is 2.